The summed E-state index contributed by atoms with van der Waals surface area (Å²) < 4.78 is 9.23. The first-order chi connectivity index (χ1) is 34.2. The van der Waals surface area contributed by atoms with E-state index in [2.05, 4.69) is 241 Å². The van der Waals surface area contributed by atoms with Crippen molar-refractivity contribution in [2.45, 2.75) is 15.2 Å². The molecule has 0 saturated heterocycles. The van der Waals surface area contributed by atoms with Gasteiger partial charge in [-0.1, -0.05) is 182 Å². The lowest BCUT2D eigenvalue weighted by Crippen LogP contribution is -2.32. The lowest BCUT2D eigenvalue weighted by molar-refractivity contribution is 0.669. The number of thiophene rings is 1. The van der Waals surface area contributed by atoms with Gasteiger partial charge in [0.25, 0.3) is 0 Å². The van der Waals surface area contributed by atoms with E-state index in [4.69, 9.17) is 4.42 Å². The van der Waals surface area contributed by atoms with Crippen LogP contribution in [0.1, 0.15) is 22.3 Å². The molecular formula is C65H39NOS2. The first-order valence-electron chi connectivity index (χ1n) is 23.6. The van der Waals surface area contributed by atoms with Gasteiger partial charge in [0.2, 0.25) is 0 Å². The summed E-state index contributed by atoms with van der Waals surface area (Å²) in [5, 5.41) is 7.18. The zero-order valence-electron chi connectivity index (χ0n) is 37.2. The van der Waals surface area contributed by atoms with Crippen molar-refractivity contribution in [2.24, 2.45) is 0 Å². The molecule has 0 N–H and O–H groups in total. The summed E-state index contributed by atoms with van der Waals surface area (Å²) in [5.74, 6) is 0. The molecule has 1 spiro atoms. The molecule has 1 aliphatic carbocycles. The quantitative estimate of drug-likeness (QED) is 0.171. The molecule has 13 aromatic rings. The molecule has 69 heavy (non-hydrogen) atoms. The minimum Gasteiger partial charge on any atom is -0.456 e. The zero-order chi connectivity index (χ0) is 45.2. The molecule has 2 aliphatic rings. The lowest BCUT2D eigenvalue weighted by atomic mass is 9.67. The molecule has 0 amide bonds. The molecule has 0 radical (unpaired) electrons. The van der Waals surface area contributed by atoms with E-state index in [9.17, 15) is 0 Å². The molecule has 4 heteroatoms. The number of para-hydroxylation sites is 1. The summed E-state index contributed by atoms with van der Waals surface area (Å²) in [4.78, 5) is 5.03. The van der Waals surface area contributed by atoms with Gasteiger partial charge < -0.3 is 9.32 Å². The Morgan fingerprint density at radius 2 is 1.07 bits per heavy atom. The van der Waals surface area contributed by atoms with Crippen molar-refractivity contribution in [3.63, 3.8) is 0 Å². The molecule has 11 aromatic carbocycles. The Balaban J connectivity index is 1.07. The average Bonchev–Trinajstić information content (AvgIpc) is 4.07. The standard InChI is InChI=1S/C65H39NOS2/c1-2-16-41(17-3-1)46-22-14-28-61-63(46)51-38-44(32-36-59(51)68-61)66(45-31-33-50-49-21-8-12-26-57(49)67-58(50)39-45)56-35-34-55-64(62(56)43-30-29-40-15-4-5-18-42(40)37-43)69-60-27-13-11-25-54(60)65(55)52-23-9-6-19-47(52)48-20-7-10-24-53(48)65/h1-39H. The summed E-state index contributed by atoms with van der Waals surface area (Å²) in [7, 11) is 0. The number of anilines is 3. The molecule has 3 heterocycles. The predicted octanol–water partition coefficient (Wildman–Crippen LogP) is 18.7. The number of hydrogen-bond acceptors (Lipinski definition) is 4. The number of rotatable bonds is 5. The number of hydrogen-bond donors (Lipinski definition) is 0. The number of nitrogens with zero attached hydrogens (tertiary/aromatic N) is 1. The van der Waals surface area contributed by atoms with Crippen LogP contribution in [0.4, 0.5) is 17.1 Å². The Kier molecular flexibility index (Phi) is 8.41. The van der Waals surface area contributed by atoms with Crippen LogP contribution in [0.2, 0.25) is 0 Å². The van der Waals surface area contributed by atoms with Crippen LogP contribution in [0.3, 0.4) is 0 Å². The minimum absolute atomic E-state index is 0.533. The van der Waals surface area contributed by atoms with Crippen molar-refractivity contribution < 1.29 is 4.42 Å². The van der Waals surface area contributed by atoms with Gasteiger partial charge in [-0.05, 0) is 122 Å². The number of fused-ring (bicyclic) bond motifs is 16. The highest BCUT2D eigenvalue weighted by atomic mass is 32.2. The Hall–Kier alpha value is -8.15. The molecule has 2 nitrogen and oxygen atoms in total. The molecule has 0 atom stereocenters. The molecule has 0 saturated carbocycles. The van der Waals surface area contributed by atoms with E-state index in [-0.39, 0.29) is 0 Å². The van der Waals surface area contributed by atoms with Crippen molar-refractivity contribution in [3.8, 4) is 33.4 Å². The highest BCUT2D eigenvalue weighted by molar-refractivity contribution is 7.99. The van der Waals surface area contributed by atoms with Crippen molar-refractivity contribution in [1.82, 2.24) is 0 Å². The smallest absolute Gasteiger partial charge is 0.137 e. The Morgan fingerprint density at radius 3 is 1.93 bits per heavy atom. The van der Waals surface area contributed by atoms with Gasteiger partial charge in [0.15, 0.2) is 0 Å². The zero-order valence-corrected chi connectivity index (χ0v) is 38.8. The van der Waals surface area contributed by atoms with Gasteiger partial charge in [-0.3, -0.25) is 0 Å². The number of furan rings is 1. The molecule has 0 unspecified atom stereocenters. The second-order valence-electron chi connectivity index (χ2n) is 18.3. The van der Waals surface area contributed by atoms with Gasteiger partial charge in [-0.2, -0.15) is 0 Å². The summed E-state index contributed by atoms with van der Waals surface area (Å²) in [6.45, 7) is 0. The fraction of sp³-hybridized carbons (Fsp3) is 0.0154. The van der Waals surface area contributed by atoms with Crippen LogP contribution >= 0.6 is 23.1 Å². The van der Waals surface area contributed by atoms with Gasteiger partial charge in [-0.25, -0.2) is 0 Å². The third-order valence-electron chi connectivity index (χ3n) is 14.7. The van der Waals surface area contributed by atoms with Gasteiger partial charge in [-0.15, -0.1) is 11.3 Å². The Labute approximate surface area is 407 Å². The first kappa shape index (κ1) is 38.9. The second kappa shape index (κ2) is 14.9. The lowest BCUT2D eigenvalue weighted by Gasteiger charge is -2.41. The third-order valence-corrected chi connectivity index (χ3v) is 17.1. The van der Waals surface area contributed by atoms with Crippen molar-refractivity contribution in [2.75, 3.05) is 4.90 Å². The molecule has 322 valence electrons. The van der Waals surface area contributed by atoms with E-state index in [1.54, 1.807) is 0 Å². The predicted molar refractivity (Wildman–Crippen MR) is 291 cm³/mol. The van der Waals surface area contributed by atoms with Gasteiger partial charge >= 0.3 is 0 Å². The Bertz CT molecular complexity index is 4210. The molecular weight excluding hydrogens is 875 g/mol. The highest BCUT2D eigenvalue weighted by Gasteiger charge is 2.51. The van der Waals surface area contributed by atoms with Crippen LogP contribution in [0.25, 0.3) is 86.3 Å². The van der Waals surface area contributed by atoms with Crippen LogP contribution in [-0.4, -0.2) is 0 Å². The van der Waals surface area contributed by atoms with Crippen LogP contribution in [-0.2, 0) is 5.41 Å². The van der Waals surface area contributed by atoms with Crippen LogP contribution < -0.4 is 4.90 Å². The summed E-state index contributed by atoms with van der Waals surface area (Å²) in [6, 6.07) is 87.8. The van der Waals surface area contributed by atoms with Crippen molar-refractivity contribution in [1.29, 1.82) is 0 Å². The van der Waals surface area contributed by atoms with Crippen molar-refractivity contribution in [3.05, 3.63) is 259 Å². The van der Waals surface area contributed by atoms with E-state index >= 15 is 0 Å². The maximum atomic E-state index is 6.69. The van der Waals surface area contributed by atoms with Crippen molar-refractivity contribution >= 4 is 93.0 Å². The van der Waals surface area contributed by atoms with Crippen LogP contribution in [0.15, 0.2) is 251 Å². The number of benzene rings is 11. The normalized spacial score (nSPS) is 13.3. The topological polar surface area (TPSA) is 16.4 Å². The van der Waals surface area contributed by atoms with Gasteiger partial charge in [0, 0.05) is 63.7 Å². The fourth-order valence-corrected chi connectivity index (χ4v) is 14.3. The van der Waals surface area contributed by atoms with E-state index < -0.39 is 5.41 Å². The SMILES string of the molecule is c1ccc(-c2cccc3sc4ccc(N(c5ccc6c(c5)oc5ccccc56)c5ccc6c(c5-c5ccc7ccccc7c5)Sc5ccccc5C65c6ccccc6-c6ccccc65)cc4c23)cc1. The van der Waals surface area contributed by atoms with Gasteiger partial charge in [0.05, 0.1) is 11.1 Å². The van der Waals surface area contributed by atoms with E-state index in [1.807, 2.05) is 23.1 Å². The largest absolute Gasteiger partial charge is 0.456 e. The molecule has 1 aliphatic heterocycles. The van der Waals surface area contributed by atoms with Crippen LogP contribution in [0.5, 0.6) is 0 Å². The van der Waals surface area contributed by atoms with E-state index in [1.165, 1.54) is 96.4 Å². The summed E-state index contributed by atoms with van der Waals surface area (Å²) >= 11 is 3.77. The Morgan fingerprint density at radius 1 is 0.391 bits per heavy atom. The first-order valence-corrected chi connectivity index (χ1v) is 25.2. The fourth-order valence-electron chi connectivity index (χ4n) is 11.8. The van der Waals surface area contributed by atoms with Gasteiger partial charge in [0.1, 0.15) is 11.2 Å². The van der Waals surface area contributed by atoms with E-state index in [0.717, 1.165) is 39.0 Å². The molecule has 0 bridgehead atoms. The monoisotopic (exact) mass is 913 g/mol. The molecule has 2 aromatic heterocycles. The maximum Gasteiger partial charge on any atom is 0.137 e. The second-order valence-corrected chi connectivity index (χ2v) is 20.4. The summed E-state index contributed by atoms with van der Waals surface area (Å²) in [6.07, 6.45) is 0. The maximum absolute atomic E-state index is 6.69. The third kappa shape index (κ3) is 5.62. The molecule has 15 rings (SSSR count). The summed E-state index contributed by atoms with van der Waals surface area (Å²) in [5.41, 5.74) is 17.1. The van der Waals surface area contributed by atoms with E-state index in [0.29, 0.717) is 0 Å². The molecule has 0 fully saturated rings. The average molecular weight is 914 g/mol. The highest BCUT2D eigenvalue weighted by Crippen LogP contribution is 2.64. The minimum atomic E-state index is -0.533. The van der Waals surface area contributed by atoms with Crippen LogP contribution in [0, 0.1) is 0 Å².